The molecule has 0 aliphatic carbocycles. The maximum absolute atomic E-state index is 12.4. The molecule has 0 saturated heterocycles. The average molecular weight is 295 g/mol. The Morgan fingerprint density at radius 1 is 1.43 bits per heavy atom. The van der Waals surface area contributed by atoms with Crippen LogP contribution in [-0.2, 0) is 9.53 Å². The quantitative estimate of drug-likeness (QED) is 0.685. The van der Waals surface area contributed by atoms with Crippen LogP contribution in [0.2, 0.25) is 0 Å². The van der Waals surface area contributed by atoms with Crippen LogP contribution in [0.3, 0.4) is 0 Å². The van der Waals surface area contributed by atoms with Crippen LogP contribution < -0.4 is 0 Å². The predicted octanol–water partition coefficient (Wildman–Crippen LogP) is 1.07. The van der Waals surface area contributed by atoms with Crippen molar-refractivity contribution in [3.8, 4) is 0 Å². The molecule has 0 aliphatic heterocycles. The van der Waals surface area contributed by atoms with Gasteiger partial charge in [-0.15, -0.1) is 0 Å². The molecule has 21 heavy (non-hydrogen) atoms. The number of nitrogens with zero attached hydrogens (tertiary/aromatic N) is 3. The Labute approximate surface area is 124 Å². The zero-order valence-corrected chi connectivity index (χ0v) is 12.4. The molecule has 1 rings (SSSR count). The van der Waals surface area contributed by atoms with E-state index in [1.54, 1.807) is 6.92 Å². The Morgan fingerprint density at radius 2 is 2.19 bits per heavy atom. The minimum absolute atomic E-state index is 0.136. The van der Waals surface area contributed by atoms with Gasteiger partial charge in [0.25, 0.3) is 5.91 Å². The lowest BCUT2D eigenvalue weighted by atomic mass is 10.1. The Balaban J connectivity index is 2.70. The van der Waals surface area contributed by atoms with E-state index in [9.17, 15) is 9.59 Å². The molecule has 1 N–H and O–H groups in total. The van der Waals surface area contributed by atoms with Gasteiger partial charge in [0.2, 0.25) is 0 Å². The zero-order valence-electron chi connectivity index (χ0n) is 12.4. The monoisotopic (exact) mass is 295 g/mol. The average Bonchev–Trinajstić information content (AvgIpc) is 2.50. The molecular formula is C14H21N3O4. The highest BCUT2D eigenvalue weighted by molar-refractivity contribution is 5.92. The Morgan fingerprint density at radius 3 is 2.76 bits per heavy atom. The molecule has 1 amide bonds. The number of aromatic nitrogens is 2. The van der Waals surface area contributed by atoms with Gasteiger partial charge in [0, 0.05) is 38.7 Å². The Bertz CT molecular complexity index is 453. The summed E-state index contributed by atoms with van der Waals surface area (Å²) >= 11 is 0. The minimum Gasteiger partial charge on any atom is -0.481 e. The molecule has 7 heteroatoms. The van der Waals surface area contributed by atoms with Crippen molar-refractivity contribution in [2.24, 2.45) is 5.92 Å². The van der Waals surface area contributed by atoms with Crippen LogP contribution in [0.1, 0.15) is 30.8 Å². The summed E-state index contributed by atoms with van der Waals surface area (Å²) in [5.74, 6) is -1.89. The van der Waals surface area contributed by atoms with E-state index in [1.165, 1.54) is 23.5 Å². The Hall–Kier alpha value is -2.02. The van der Waals surface area contributed by atoms with Crippen LogP contribution in [0.5, 0.6) is 0 Å². The highest BCUT2D eigenvalue weighted by Gasteiger charge is 2.22. The number of carboxylic acids is 1. The van der Waals surface area contributed by atoms with Crippen LogP contribution in [0, 0.1) is 5.92 Å². The third kappa shape index (κ3) is 5.86. The van der Waals surface area contributed by atoms with Crippen molar-refractivity contribution >= 4 is 11.9 Å². The first kappa shape index (κ1) is 17.0. The molecule has 1 unspecified atom stereocenters. The third-order valence-electron chi connectivity index (χ3n) is 2.91. The van der Waals surface area contributed by atoms with Gasteiger partial charge in [-0.05, 0) is 13.3 Å². The lowest BCUT2D eigenvalue weighted by Crippen LogP contribution is -2.38. The fraction of sp³-hybridized carbons (Fsp3) is 0.571. The molecule has 0 fully saturated rings. The first-order valence-corrected chi connectivity index (χ1v) is 6.92. The fourth-order valence-electron chi connectivity index (χ4n) is 1.76. The summed E-state index contributed by atoms with van der Waals surface area (Å²) in [6, 6.07) is 0. The molecule has 0 aliphatic rings. The highest BCUT2D eigenvalue weighted by Crippen LogP contribution is 2.07. The number of carboxylic acid groups (broad SMARTS) is 1. The number of carbonyl (C=O) groups excluding carboxylic acids is 1. The van der Waals surface area contributed by atoms with Gasteiger partial charge in [-0.2, -0.15) is 0 Å². The minimum atomic E-state index is -0.934. The normalized spacial score (nSPS) is 11.9. The van der Waals surface area contributed by atoms with E-state index in [0.717, 1.165) is 0 Å². The van der Waals surface area contributed by atoms with Crippen LogP contribution in [-0.4, -0.2) is 58.2 Å². The van der Waals surface area contributed by atoms with Gasteiger partial charge in [0.1, 0.15) is 5.69 Å². The molecule has 1 aromatic rings. The second-order valence-electron chi connectivity index (χ2n) is 4.63. The highest BCUT2D eigenvalue weighted by atomic mass is 16.5. The fourth-order valence-corrected chi connectivity index (χ4v) is 1.76. The first-order chi connectivity index (χ1) is 10.1. The zero-order chi connectivity index (χ0) is 15.7. The summed E-state index contributed by atoms with van der Waals surface area (Å²) < 4.78 is 5.24. The van der Waals surface area contributed by atoms with Gasteiger partial charge in [-0.1, -0.05) is 6.92 Å². The summed E-state index contributed by atoms with van der Waals surface area (Å²) in [4.78, 5) is 32.6. The van der Waals surface area contributed by atoms with E-state index >= 15 is 0 Å². The van der Waals surface area contributed by atoms with E-state index in [2.05, 4.69) is 9.97 Å². The predicted molar refractivity (Wildman–Crippen MR) is 75.8 cm³/mol. The molecule has 116 valence electrons. The largest absolute Gasteiger partial charge is 0.481 e. The standard InChI is InChI=1S/C14H21N3O4/c1-3-21-8-4-7-17(10-11(2)14(19)20)13(18)12-9-15-5-6-16-12/h5-6,9,11H,3-4,7-8,10H2,1-2H3,(H,19,20). The van der Waals surface area contributed by atoms with Crippen LogP contribution in [0.15, 0.2) is 18.6 Å². The maximum atomic E-state index is 12.4. The maximum Gasteiger partial charge on any atom is 0.308 e. The van der Waals surface area contributed by atoms with Crippen LogP contribution in [0.4, 0.5) is 0 Å². The molecular weight excluding hydrogens is 274 g/mol. The molecule has 0 saturated carbocycles. The summed E-state index contributed by atoms with van der Waals surface area (Å²) in [6.45, 7) is 5.17. The van der Waals surface area contributed by atoms with Crippen molar-refractivity contribution in [1.29, 1.82) is 0 Å². The molecule has 1 aromatic heterocycles. The number of rotatable bonds is 9. The lowest BCUT2D eigenvalue weighted by Gasteiger charge is -2.24. The molecule has 0 bridgehead atoms. The summed E-state index contributed by atoms with van der Waals surface area (Å²) in [5, 5.41) is 9.00. The summed E-state index contributed by atoms with van der Waals surface area (Å²) in [6.07, 6.45) is 4.94. The Kier molecular flexibility index (Phi) is 7.31. The van der Waals surface area contributed by atoms with Crippen LogP contribution in [0.25, 0.3) is 0 Å². The van der Waals surface area contributed by atoms with Gasteiger partial charge < -0.3 is 14.7 Å². The summed E-state index contributed by atoms with van der Waals surface area (Å²) in [5.41, 5.74) is 0.214. The number of amides is 1. The van der Waals surface area contributed by atoms with Gasteiger partial charge >= 0.3 is 5.97 Å². The van der Waals surface area contributed by atoms with E-state index in [4.69, 9.17) is 9.84 Å². The number of hydrogen-bond donors (Lipinski definition) is 1. The molecule has 0 aromatic carbocycles. The number of ether oxygens (including phenoxy) is 1. The van der Waals surface area contributed by atoms with E-state index in [0.29, 0.717) is 26.2 Å². The number of carbonyl (C=O) groups is 2. The van der Waals surface area contributed by atoms with Gasteiger partial charge in [-0.3, -0.25) is 14.6 Å². The van der Waals surface area contributed by atoms with Gasteiger partial charge in [0.05, 0.1) is 12.1 Å². The smallest absolute Gasteiger partial charge is 0.308 e. The summed E-state index contributed by atoms with van der Waals surface area (Å²) in [7, 11) is 0. The van der Waals surface area contributed by atoms with E-state index < -0.39 is 11.9 Å². The SMILES string of the molecule is CCOCCCN(CC(C)C(=O)O)C(=O)c1cnccn1. The van der Waals surface area contributed by atoms with Gasteiger partial charge in [0.15, 0.2) is 0 Å². The molecule has 1 heterocycles. The van der Waals surface area contributed by atoms with Crippen molar-refractivity contribution in [2.45, 2.75) is 20.3 Å². The third-order valence-corrected chi connectivity index (χ3v) is 2.91. The lowest BCUT2D eigenvalue weighted by molar-refractivity contribution is -0.141. The van der Waals surface area contributed by atoms with Crippen molar-refractivity contribution in [1.82, 2.24) is 14.9 Å². The van der Waals surface area contributed by atoms with Crippen molar-refractivity contribution in [3.63, 3.8) is 0 Å². The van der Waals surface area contributed by atoms with Crippen molar-refractivity contribution in [3.05, 3.63) is 24.3 Å². The number of hydrogen-bond acceptors (Lipinski definition) is 5. The second-order valence-corrected chi connectivity index (χ2v) is 4.63. The van der Waals surface area contributed by atoms with Crippen molar-refractivity contribution < 1.29 is 19.4 Å². The van der Waals surface area contributed by atoms with E-state index in [-0.39, 0.29) is 18.1 Å². The molecule has 1 atom stereocenters. The molecule has 0 radical (unpaired) electrons. The topological polar surface area (TPSA) is 92.6 Å². The van der Waals surface area contributed by atoms with Crippen molar-refractivity contribution in [2.75, 3.05) is 26.3 Å². The van der Waals surface area contributed by atoms with Gasteiger partial charge in [-0.25, -0.2) is 4.98 Å². The van der Waals surface area contributed by atoms with E-state index in [1.807, 2.05) is 6.92 Å². The molecule has 7 nitrogen and oxygen atoms in total. The molecule has 0 spiro atoms. The number of aliphatic carboxylic acids is 1. The van der Waals surface area contributed by atoms with Crippen LogP contribution >= 0.6 is 0 Å². The second kappa shape index (κ2) is 9.02. The first-order valence-electron chi connectivity index (χ1n) is 6.92.